The molecule has 1 aliphatic carbocycles. The number of aliphatic carboxylic acids is 1. The number of carboxylic acid groups (broad SMARTS) is 1. The molecule has 0 amide bonds. The molecule has 1 heterocycles. The molecular formula is C12H17N3O2. The summed E-state index contributed by atoms with van der Waals surface area (Å²) in [6.07, 6.45) is 4.24. The van der Waals surface area contributed by atoms with Crippen LogP contribution in [0.4, 0.5) is 5.82 Å². The second-order valence-corrected chi connectivity index (χ2v) is 4.55. The van der Waals surface area contributed by atoms with Crippen molar-refractivity contribution < 1.29 is 9.90 Å². The van der Waals surface area contributed by atoms with Gasteiger partial charge in [0.2, 0.25) is 0 Å². The van der Waals surface area contributed by atoms with E-state index < -0.39 is 5.97 Å². The maximum atomic E-state index is 11.0. The van der Waals surface area contributed by atoms with E-state index in [1.165, 1.54) is 0 Å². The van der Waals surface area contributed by atoms with Gasteiger partial charge in [-0.1, -0.05) is 6.42 Å². The first-order valence-corrected chi connectivity index (χ1v) is 5.87. The number of carbonyl (C=O) groups is 1. The summed E-state index contributed by atoms with van der Waals surface area (Å²) in [6.45, 7) is 3.80. The fourth-order valence-electron chi connectivity index (χ4n) is 2.23. The Kier molecular flexibility index (Phi) is 3.26. The van der Waals surface area contributed by atoms with Gasteiger partial charge in [-0.2, -0.15) is 0 Å². The van der Waals surface area contributed by atoms with E-state index in [0.717, 1.165) is 30.7 Å². The van der Waals surface area contributed by atoms with Crippen molar-refractivity contribution in [1.29, 1.82) is 0 Å². The zero-order valence-electron chi connectivity index (χ0n) is 10.1. The van der Waals surface area contributed by atoms with Crippen LogP contribution < -0.4 is 5.32 Å². The molecule has 2 rings (SSSR count). The van der Waals surface area contributed by atoms with Crippen LogP contribution >= 0.6 is 0 Å². The zero-order chi connectivity index (χ0) is 12.4. The number of aromatic nitrogens is 2. The minimum absolute atomic E-state index is 0.0242. The van der Waals surface area contributed by atoms with Crippen LogP contribution in [0.2, 0.25) is 0 Å². The summed E-state index contributed by atoms with van der Waals surface area (Å²) in [5.74, 6) is -0.360. The average molecular weight is 235 g/mol. The van der Waals surface area contributed by atoms with E-state index in [-0.39, 0.29) is 12.0 Å². The Hall–Kier alpha value is -1.65. The highest BCUT2D eigenvalue weighted by atomic mass is 16.4. The Morgan fingerprint density at radius 2 is 2.18 bits per heavy atom. The highest BCUT2D eigenvalue weighted by Gasteiger charge is 2.33. The van der Waals surface area contributed by atoms with Gasteiger partial charge in [0.25, 0.3) is 0 Å². The summed E-state index contributed by atoms with van der Waals surface area (Å²) in [7, 11) is 0. The van der Waals surface area contributed by atoms with Crippen molar-refractivity contribution in [2.24, 2.45) is 5.92 Å². The van der Waals surface area contributed by atoms with E-state index in [1.54, 1.807) is 6.20 Å². The smallest absolute Gasteiger partial charge is 0.308 e. The lowest BCUT2D eigenvalue weighted by Crippen LogP contribution is -2.30. The number of hydrogen-bond donors (Lipinski definition) is 2. The molecule has 0 aliphatic heterocycles. The topological polar surface area (TPSA) is 75.1 Å². The van der Waals surface area contributed by atoms with Crippen molar-refractivity contribution in [3.05, 3.63) is 17.6 Å². The molecule has 0 saturated heterocycles. The first-order valence-electron chi connectivity index (χ1n) is 5.87. The summed E-state index contributed by atoms with van der Waals surface area (Å²) in [5, 5.41) is 12.3. The van der Waals surface area contributed by atoms with Crippen molar-refractivity contribution in [3.8, 4) is 0 Å². The third-order valence-corrected chi connectivity index (χ3v) is 3.36. The Morgan fingerprint density at radius 1 is 1.41 bits per heavy atom. The Labute approximate surface area is 100 Å². The van der Waals surface area contributed by atoms with Crippen LogP contribution in [-0.4, -0.2) is 27.1 Å². The van der Waals surface area contributed by atoms with E-state index in [0.29, 0.717) is 5.82 Å². The summed E-state index contributed by atoms with van der Waals surface area (Å²) in [6, 6.07) is -0.0242. The number of hydrogen-bond acceptors (Lipinski definition) is 4. The molecule has 2 atom stereocenters. The van der Waals surface area contributed by atoms with Crippen LogP contribution in [0, 0.1) is 19.8 Å². The molecule has 5 nitrogen and oxygen atoms in total. The first kappa shape index (κ1) is 11.8. The number of nitrogens with one attached hydrogen (secondary N) is 1. The lowest BCUT2D eigenvalue weighted by molar-refractivity contribution is -0.141. The number of anilines is 1. The molecule has 5 heteroatoms. The number of aryl methyl sites for hydroxylation is 2. The van der Waals surface area contributed by atoms with Crippen LogP contribution in [0.1, 0.15) is 30.7 Å². The molecule has 2 unspecified atom stereocenters. The van der Waals surface area contributed by atoms with Crippen molar-refractivity contribution in [3.63, 3.8) is 0 Å². The Morgan fingerprint density at radius 3 is 2.82 bits per heavy atom. The van der Waals surface area contributed by atoms with Gasteiger partial charge in [0.15, 0.2) is 0 Å². The molecule has 1 aromatic heterocycles. The molecule has 0 spiro atoms. The van der Waals surface area contributed by atoms with Crippen LogP contribution in [-0.2, 0) is 4.79 Å². The lowest BCUT2D eigenvalue weighted by atomic mass is 10.0. The molecule has 1 aromatic rings. The van der Waals surface area contributed by atoms with Crippen LogP contribution in [0.5, 0.6) is 0 Å². The fourth-order valence-corrected chi connectivity index (χ4v) is 2.23. The summed E-state index contributed by atoms with van der Waals surface area (Å²) >= 11 is 0. The van der Waals surface area contributed by atoms with Gasteiger partial charge in [-0.25, -0.2) is 4.98 Å². The molecule has 1 aliphatic rings. The van der Waals surface area contributed by atoms with Gasteiger partial charge in [-0.3, -0.25) is 9.78 Å². The second kappa shape index (κ2) is 4.69. The van der Waals surface area contributed by atoms with E-state index in [4.69, 9.17) is 5.11 Å². The van der Waals surface area contributed by atoms with Gasteiger partial charge < -0.3 is 10.4 Å². The number of carboxylic acids is 1. The van der Waals surface area contributed by atoms with E-state index in [2.05, 4.69) is 15.3 Å². The highest BCUT2D eigenvalue weighted by Crippen LogP contribution is 2.28. The number of nitrogens with zero attached hydrogens (tertiary/aromatic N) is 2. The van der Waals surface area contributed by atoms with Gasteiger partial charge >= 0.3 is 5.97 Å². The second-order valence-electron chi connectivity index (χ2n) is 4.55. The van der Waals surface area contributed by atoms with Gasteiger partial charge in [-0.05, 0) is 26.7 Å². The lowest BCUT2D eigenvalue weighted by Gasteiger charge is -2.18. The van der Waals surface area contributed by atoms with Crippen molar-refractivity contribution in [1.82, 2.24) is 9.97 Å². The van der Waals surface area contributed by atoms with Gasteiger partial charge in [-0.15, -0.1) is 0 Å². The molecule has 0 bridgehead atoms. The largest absolute Gasteiger partial charge is 0.481 e. The SMILES string of the molecule is Cc1ncc(NC2CCCC2C(=O)O)nc1C. The zero-order valence-corrected chi connectivity index (χ0v) is 10.1. The minimum atomic E-state index is -0.725. The summed E-state index contributed by atoms with van der Waals surface area (Å²) in [4.78, 5) is 19.6. The molecule has 1 fully saturated rings. The van der Waals surface area contributed by atoms with Crippen LogP contribution in [0.25, 0.3) is 0 Å². The molecule has 1 saturated carbocycles. The normalized spacial score (nSPS) is 23.6. The Bertz CT molecular complexity index is 434. The van der Waals surface area contributed by atoms with Gasteiger partial charge in [0, 0.05) is 6.04 Å². The summed E-state index contributed by atoms with van der Waals surface area (Å²) in [5.41, 5.74) is 1.77. The van der Waals surface area contributed by atoms with E-state index in [9.17, 15) is 4.79 Å². The average Bonchev–Trinajstić information content (AvgIpc) is 2.72. The van der Waals surface area contributed by atoms with Gasteiger partial charge in [0.05, 0.1) is 23.5 Å². The van der Waals surface area contributed by atoms with Crippen molar-refractivity contribution in [2.75, 3.05) is 5.32 Å². The van der Waals surface area contributed by atoms with E-state index >= 15 is 0 Å². The third-order valence-electron chi connectivity index (χ3n) is 3.36. The molecule has 17 heavy (non-hydrogen) atoms. The van der Waals surface area contributed by atoms with Crippen LogP contribution in [0.15, 0.2) is 6.20 Å². The molecule has 0 aromatic carbocycles. The van der Waals surface area contributed by atoms with Crippen molar-refractivity contribution >= 4 is 11.8 Å². The van der Waals surface area contributed by atoms with Gasteiger partial charge in [0.1, 0.15) is 5.82 Å². The molecule has 92 valence electrons. The highest BCUT2D eigenvalue weighted by molar-refractivity contribution is 5.72. The third kappa shape index (κ3) is 2.54. The monoisotopic (exact) mass is 235 g/mol. The standard InChI is InChI=1S/C12H17N3O2/c1-7-8(2)14-11(6-13-7)15-10-5-3-4-9(10)12(16)17/h6,9-10H,3-5H2,1-2H3,(H,14,15)(H,16,17). The minimum Gasteiger partial charge on any atom is -0.481 e. The maximum Gasteiger partial charge on any atom is 0.308 e. The molecule has 2 N–H and O–H groups in total. The maximum absolute atomic E-state index is 11.0. The van der Waals surface area contributed by atoms with E-state index in [1.807, 2.05) is 13.8 Å². The predicted molar refractivity (Wildman–Crippen MR) is 63.9 cm³/mol. The number of rotatable bonds is 3. The molecule has 0 radical (unpaired) electrons. The quantitative estimate of drug-likeness (QED) is 0.835. The van der Waals surface area contributed by atoms with Crippen molar-refractivity contribution in [2.45, 2.75) is 39.2 Å². The predicted octanol–water partition coefficient (Wildman–Crippen LogP) is 1.76. The molecular weight excluding hydrogens is 218 g/mol. The van der Waals surface area contributed by atoms with Crippen LogP contribution in [0.3, 0.4) is 0 Å². The first-order chi connectivity index (χ1) is 8.08. The Balaban J connectivity index is 2.09. The fraction of sp³-hybridized carbons (Fsp3) is 0.583. The summed E-state index contributed by atoms with van der Waals surface area (Å²) < 4.78 is 0.